The summed E-state index contributed by atoms with van der Waals surface area (Å²) in [6.45, 7) is 0.202. The second kappa shape index (κ2) is 7.56. The number of rotatable bonds is 5. The van der Waals surface area contributed by atoms with E-state index in [0.717, 1.165) is 5.56 Å². The molecular weight excluding hydrogens is 224 g/mol. The molecule has 86 valence electrons. The molecule has 5 heteroatoms. The van der Waals surface area contributed by atoms with E-state index in [1.807, 2.05) is 30.3 Å². The van der Waals surface area contributed by atoms with Crippen molar-refractivity contribution in [1.29, 1.82) is 0 Å². The van der Waals surface area contributed by atoms with Gasteiger partial charge in [0.1, 0.15) is 0 Å². The van der Waals surface area contributed by atoms with Crippen molar-refractivity contribution < 1.29 is 13.5 Å². The minimum absolute atomic E-state index is 0. The fourth-order valence-corrected chi connectivity index (χ4v) is 0.960. The third-order valence-corrected chi connectivity index (χ3v) is 1.75. The molecule has 1 rings (SSSR count). The van der Waals surface area contributed by atoms with Crippen LogP contribution in [0.25, 0.3) is 0 Å². The van der Waals surface area contributed by atoms with Gasteiger partial charge in [0.25, 0.3) is 6.43 Å². The largest absolute Gasteiger partial charge is 0.375 e. The first-order valence-corrected chi connectivity index (χ1v) is 4.35. The average Bonchev–Trinajstić information content (AvgIpc) is 2.19. The molecule has 0 aliphatic heterocycles. The topological polar surface area (TPSA) is 35.2 Å². The zero-order valence-corrected chi connectivity index (χ0v) is 8.92. The summed E-state index contributed by atoms with van der Waals surface area (Å²) in [6, 6.07) is 8.16. The fraction of sp³-hybridized carbons (Fsp3) is 0.400. The van der Waals surface area contributed by atoms with Crippen LogP contribution in [0.15, 0.2) is 30.3 Å². The monoisotopic (exact) mass is 237 g/mol. The molecule has 0 saturated heterocycles. The van der Waals surface area contributed by atoms with Gasteiger partial charge >= 0.3 is 0 Å². The summed E-state index contributed by atoms with van der Waals surface area (Å²) in [6.07, 6.45) is -2.52. The van der Waals surface area contributed by atoms with Crippen LogP contribution in [0.1, 0.15) is 5.56 Å². The van der Waals surface area contributed by atoms with Gasteiger partial charge in [0.15, 0.2) is 0 Å². The maximum absolute atomic E-state index is 11.9. The van der Waals surface area contributed by atoms with E-state index in [-0.39, 0.29) is 19.0 Å². The lowest BCUT2D eigenvalue weighted by Crippen LogP contribution is -2.33. The van der Waals surface area contributed by atoms with Crippen LogP contribution >= 0.6 is 12.4 Å². The first-order valence-electron chi connectivity index (χ1n) is 4.35. The molecule has 0 aliphatic rings. The molecule has 0 unspecified atom stereocenters. The number of halogens is 3. The van der Waals surface area contributed by atoms with Gasteiger partial charge in [-0.05, 0) is 5.56 Å². The molecule has 0 saturated carbocycles. The molecule has 0 bridgehead atoms. The van der Waals surface area contributed by atoms with E-state index in [9.17, 15) is 8.78 Å². The summed E-state index contributed by atoms with van der Waals surface area (Å²) in [5, 5.41) is 0. The van der Waals surface area contributed by atoms with Crippen molar-refractivity contribution in [1.82, 2.24) is 0 Å². The Hall–Kier alpha value is -0.710. The molecule has 1 aromatic rings. The molecule has 1 aromatic carbocycles. The average molecular weight is 238 g/mol. The Morgan fingerprint density at radius 3 is 2.33 bits per heavy atom. The van der Waals surface area contributed by atoms with Crippen molar-refractivity contribution >= 4 is 12.4 Å². The molecule has 0 radical (unpaired) electrons. The minimum atomic E-state index is -2.52. The molecule has 15 heavy (non-hydrogen) atoms. The summed E-state index contributed by atoms with van der Waals surface area (Å²) in [4.78, 5) is 0. The van der Waals surface area contributed by atoms with Gasteiger partial charge in [-0.15, -0.1) is 12.4 Å². The number of ether oxygens (including phenoxy) is 1. The van der Waals surface area contributed by atoms with Gasteiger partial charge in [-0.25, -0.2) is 8.78 Å². The lowest BCUT2D eigenvalue weighted by atomic mass is 10.2. The number of nitrogens with two attached hydrogens (primary N) is 1. The van der Waals surface area contributed by atoms with Gasteiger partial charge in [0.2, 0.25) is 0 Å². The van der Waals surface area contributed by atoms with E-state index < -0.39 is 12.5 Å². The Morgan fingerprint density at radius 2 is 1.80 bits per heavy atom. The summed E-state index contributed by atoms with van der Waals surface area (Å²) >= 11 is 0. The van der Waals surface area contributed by atoms with Crippen LogP contribution in [0.4, 0.5) is 8.78 Å². The van der Waals surface area contributed by atoms with E-state index in [1.54, 1.807) is 0 Å². The lowest BCUT2D eigenvalue weighted by molar-refractivity contribution is 0.0397. The van der Waals surface area contributed by atoms with E-state index >= 15 is 0 Å². The van der Waals surface area contributed by atoms with Gasteiger partial charge in [-0.3, -0.25) is 0 Å². The highest BCUT2D eigenvalue weighted by molar-refractivity contribution is 5.85. The van der Waals surface area contributed by atoms with E-state index in [0.29, 0.717) is 6.61 Å². The summed E-state index contributed by atoms with van der Waals surface area (Å²) in [5.41, 5.74) is 6.06. The first kappa shape index (κ1) is 14.3. The molecule has 0 aliphatic carbocycles. The van der Waals surface area contributed by atoms with Crippen LogP contribution < -0.4 is 5.73 Å². The third kappa shape index (κ3) is 5.67. The smallest absolute Gasteiger partial charge is 0.255 e. The molecule has 2 N–H and O–H groups in total. The molecule has 0 fully saturated rings. The normalized spacial score (nSPS) is 12.3. The molecule has 2 nitrogen and oxygen atoms in total. The van der Waals surface area contributed by atoms with Crippen molar-refractivity contribution in [2.24, 2.45) is 5.73 Å². The van der Waals surface area contributed by atoms with Crippen molar-refractivity contribution in [3.05, 3.63) is 35.9 Å². The summed E-state index contributed by atoms with van der Waals surface area (Å²) in [7, 11) is 0. The van der Waals surface area contributed by atoms with Gasteiger partial charge < -0.3 is 10.5 Å². The van der Waals surface area contributed by atoms with Gasteiger partial charge in [-0.1, -0.05) is 30.3 Å². The highest BCUT2D eigenvalue weighted by atomic mass is 35.5. The third-order valence-electron chi connectivity index (χ3n) is 1.75. The van der Waals surface area contributed by atoms with Crippen molar-refractivity contribution in [3.8, 4) is 0 Å². The van der Waals surface area contributed by atoms with Crippen molar-refractivity contribution in [2.75, 3.05) is 6.61 Å². The lowest BCUT2D eigenvalue weighted by Gasteiger charge is -2.10. The SMILES string of the molecule is Cl.N[C@@H](COCc1ccccc1)C(F)F. The second-order valence-corrected chi connectivity index (χ2v) is 3.00. The highest BCUT2D eigenvalue weighted by Crippen LogP contribution is 2.03. The molecular formula is C10H14ClF2NO. The Bertz CT molecular complexity index is 259. The van der Waals surface area contributed by atoms with Crippen molar-refractivity contribution in [2.45, 2.75) is 19.1 Å². The zero-order chi connectivity index (χ0) is 10.4. The zero-order valence-electron chi connectivity index (χ0n) is 8.11. The van der Waals surface area contributed by atoms with Gasteiger partial charge in [0, 0.05) is 0 Å². The molecule has 0 aromatic heterocycles. The number of hydrogen-bond donors (Lipinski definition) is 1. The maximum Gasteiger partial charge on any atom is 0.255 e. The van der Waals surface area contributed by atoms with Crippen LogP contribution in [0.2, 0.25) is 0 Å². The van der Waals surface area contributed by atoms with Crippen LogP contribution in [-0.4, -0.2) is 19.1 Å². The van der Waals surface area contributed by atoms with Gasteiger partial charge in [0.05, 0.1) is 19.3 Å². The summed E-state index contributed by atoms with van der Waals surface area (Å²) in [5.74, 6) is 0. The molecule has 0 spiro atoms. The first-order chi connectivity index (χ1) is 6.70. The van der Waals surface area contributed by atoms with Gasteiger partial charge in [-0.2, -0.15) is 0 Å². The predicted molar refractivity (Wildman–Crippen MR) is 57.3 cm³/mol. The molecule has 0 amide bonds. The van der Waals surface area contributed by atoms with Crippen LogP contribution in [0.3, 0.4) is 0 Å². The Labute approximate surface area is 93.8 Å². The van der Waals surface area contributed by atoms with E-state index in [2.05, 4.69) is 0 Å². The molecule has 0 heterocycles. The van der Waals surface area contributed by atoms with Crippen molar-refractivity contribution in [3.63, 3.8) is 0 Å². The predicted octanol–water partition coefficient (Wildman–Crippen LogP) is 2.22. The Balaban J connectivity index is 0.00000196. The highest BCUT2D eigenvalue weighted by Gasteiger charge is 2.14. The Morgan fingerprint density at radius 1 is 1.20 bits per heavy atom. The number of alkyl halides is 2. The fourth-order valence-electron chi connectivity index (χ4n) is 0.960. The number of benzene rings is 1. The van der Waals surface area contributed by atoms with Crippen LogP contribution in [0.5, 0.6) is 0 Å². The van der Waals surface area contributed by atoms with E-state index in [4.69, 9.17) is 10.5 Å². The van der Waals surface area contributed by atoms with Crippen LogP contribution in [0, 0.1) is 0 Å². The van der Waals surface area contributed by atoms with Crippen LogP contribution in [-0.2, 0) is 11.3 Å². The standard InChI is InChI=1S/C10H13F2NO.ClH/c11-10(12)9(13)7-14-6-8-4-2-1-3-5-8;/h1-5,9-10H,6-7,13H2;1H/t9-;/m0./s1. The molecule has 1 atom stereocenters. The Kier molecular flexibility index (Phi) is 7.21. The summed E-state index contributed by atoms with van der Waals surface area (Å²) < 4.78 is 28.9. The second-order valence-electron chi connectivity index (χ2n) is 3.00. The maximum atomic E-state index is 11.9. The van der Waals surface area contributed by atoms with E-state index in [1.165, 1.54) is 0 Å². The quantitative estimate of drug-likeness (QED) is 0.852. The number of hydrogen-bond acceptors (Lipinski definition) is 2. The minimum Gasteiger partial charge on any atom is -0.375 e.